The minimum atomic E-state index is -5.00. The van der Waals surface area contributed by atoms with Crippen LogP contribution in [0.2, 0.25) is 0 Å². The van der Waals surface area contributed by atoms with E-state index in [4.69, 9.17) is 9.47 Å². The van der Waals surface area contributed by atoms with Gasteiger partial charge >= 0.3 is 0 Å². The number of ether oxygens (including phenoxy) is 2. The van der Waals surface area contributed by atoms with E-state index in [-0.39, 0.29) is 169 Å². The Kier molecular flexibility index (Phi) is 32.1. The number of azo groups is 8. The standard InChI is InChI=1S/C85H72N28O26S8/c1-48-40-54(14-30-66(48)108-112-72-36-20-60(46-78(72)146(132,133)134)104-100-52-10-26-64(27-11-52)142(120,121)122)88-82-92-80(94-84(96-82)90-68-32-16-56(42-74(68)138-3)106-110-70-34-18-58(44-76(70)144(126,127)128)102-98-50-6-22-62(23-7-50)140(114,115)116)86-38-5-39-87-81-93-83(89-55-15-31-67(49(2)41-55)109-113-73-37-21-61(47-79(73)147(135,136)137)105-101-53-12-28-65(29-13-53)143(123,124)125)97-85(95-81)91-69-33-17-57(43-75(69)139-4)107-111-71-35-19-59(45-77(71)145(129,130)131)103-99-51-8-24-63(25-9-51)141(117,118)119/h6-37,40-47H,5,38-39H2,1-4H3,(H,114,115,116)(H,117,118,119)(H,120,121,122)(H,123,124,125)(H,126,127,128)(H,129,130,131)(H,132,133,134)(H,135,136,137)(H3,86,88,90,92,94,96)(H3,87,89,91,93,95,97). The first-order valence-corrected chi connectivity index (χ1v) is 52.8. The molecule has 0 spiro atoms. The first-order valence-electron chi connectivity index (χ1n) is 41.2. The highest BCUT2D eigenvalue weighted by molar-refractivity contribution is 7.87. The molecule has 0 fully saturated rings. The SMILES string of the molecule is COc1cc(N=Nc2ccc(N=Nc3ccc(S(=O)(=O)O)cc3)cc2S(=O)(=O)O)ccc1Nc1nc(NCCCNc2nc(Nc3ccc(N=Nc4ccc(N=Nc5ccc(S(=O)(=O)O)cc5)cc4S(=O)(=O)O)c(C)c3)nc(Nc3ccc(N=Nc4ccc(N=Nc5ccc(S(=O)(=O)O)cc5)cc4S(=O)(=O)O)cc3OC)n2)nc(Nc2ccc(N=Nc3ccc(N=Nc4ccc(S(=O)(=O)O)cc4)cc3S(=O)(=O)O)c(C)c2)n1. The predicted octanol–water partition coefficient (Wildman–Crippen LogP) is 20.9. The molecule has 0 aliphatic carbocycles. The molecule has 0 saturated heterocycles. The number of rotatable bonds is 40. The van der Waals surface area contributed by atoms with Crippen LogP contribution in [0.5, 0.6) is 11.5 Å². The minimum Gasteiger partial charge on any atom is -0.494 e. The van der Waals surface area contributed by atoms with Crippen molar-refractivity contribution in [1.82, 2.24) is 29.9 Å². The summed E-state index contributed by atoms with van der Waals surface area (Å²) in [4.78, 5) is 23.4. The number of hydrogen-bond donors (Lipinski definition) is 14. The van der Waals surface area contributed by atoms with E-state index in [0.29, 0.717) is 22.5 Å². The molecule has 756 valence electrons. The Bertz CT molecular complexity index is 8260. The van der Waals surface area contributed by atoms with Crippen LogP contribution >= 0.6 is 0 Å². The average molecular weight is 2160 g/mol. The monoisotopic (exact) mass is 2160 g/mol. The summed E-state index contributed by atoms with van der Waals surface area (Å²) < 4.78 is 284. The largest absolute Gasteiger partial charge is 0.494 e. The van der Waals surface area contributed by atoms with Gasteiger partial charge in [0.2, 0.25) is 35.7 Å². The van der Waals surface area contributed by atoms with Crippen molar-refractivity contribution in [2.45, 2.75) is 59.4 Å². The van der Waals surface area contributed by atoms with Crippen LogP contribution in [0.25, 0.3) is 0 Å². The fourth-order valence-corrected chi connectivity index (χ4v) is 17.1. The molecule has 14 aromatic rings. The lowest BCUT2D eigenvalue weighted by Gasteiger charge is -2.14. The Labute approximate surface area is 833 Å². The molecular weight excluding hydrogens is 2090 g/mol. The molecular formula is C85H72N28O26S8. The van der Waals surface area contributed by atoms with Gasteiger partial charge in [-0.2, -0.15) is 159 Å². The lowest BCUT2D eigenvalue weighted by Crippen LogP contribution is -2.15. The third-order valence-electron chi connectivity index (χ3n) is 19.6. The molecule has 14 rings (SSSR count). The zero-order valence-corrected chi connectivity index (χ0v) is 81.8. The number of methoxy groups -OCH3 is 2. The van der Waals surface area contributed by atoms with Crippen molar-refractivity contribution in [3.63, 3.8) is 0 Å². The lowest BCUT2D eigenvalue weighted by atomic mass is 10.2. The zero-order valence-electron chi connectivity index (χ0n) is 75.2. The number of hydrogen-bond acceptors (Lipinski definition) is 46. The fraction of sp³-hybridized carbons (Fsp3) is 0.0824. The maximum atomic E-state index is 12.7. The van der Waals surface area contributed by atoms with Crippen LogP contribution in [-0.2, 0) is 80.9 Å². The highest BCUT2D eigenvalue weighted by Crippen LogP contribution is 2.42. The number of anilines is 10. The van der Waals surface area contributed by atoms with Crippen molar-refractivity contribution in [1.29, 1.82) is 0 Å². The number of benzene rings is 12. The van der Waals surface area contributed by atoms with Gasteiger partial charge in [0.05, 0.1) is 113 Å². The first kappa shape index (κ1) is 106. The molecule has 0 saturated carbocycles. The van der Waals surface area contributed by atoms with Crippen molar-refractivity contribution in [3.05, 3.63) is 254 Å². The van der Waals surface area contributed by atoms with Gasteiger partial charge in [-0.15, -0.1) is 20.5 Å². The topological polar surface area (TPSA) is 801 Å². The van der Waals surface area contributed by atoms with E-state index in [0.717, 1.165) is 72.8 Å². The highest BCUT2D eigenvalue weighted by Gasteiger charge is 2.25. The van der Waals surface area contributed by atoms with Crippen LogP contribution in [0, 0.1) is 13.8 Å². The van der Waals surface area contributed by atoms with E-state index in [1.165, 1.54) is 160 Å². The van der Waals surface area contributed by atoms with Crippen molar-refractivity contribution in [3.8, 4) is 11.5 Å². The normalized spacial score (nSPS) is 12.7. The molecule has 0 aliphatic heterocycles. The Morgan fingerprint density at radius 2 is 0.442 bits per heavy atom. The number of nitrogens with zero attached hydrogens (tertiary/aromatic N) is 22. The fourth-order valence-electron chi connectivity index (χ4n) is 12.6. The van der Waals surface area contributed by atoms with Crippen LogP contribution in [0.1, 0.15) is 17.5 Å². The molecule has 0 atom stereocenters. The summed E-state index contributed by atoms with van der Waals surface area (Å²) >= 11 is 0. The molecule has 0 radical (unpaired) electrons. The van der Waals surface area contributed by atoms with E-state index in [9.17, 15) is 104 Å². The molecule has 147 heavy (non-hydrogen) atoms. The van der Waals surface area contributed by atoms with Gasteiger partial charge in [0.15, 0.2) is 0 Å². The second-order valence-electron chi connectivity index (χ2n) is 30.1. The molecule has 0 amide bonds. The van der Waals surface area contributed by atoms with Crippen LogP contribution in [-0.4, -0.2) is 161 Å². The quantitative estimate of drug-likeness (QED) is 0.00963. The van der Waals surface area contributed by atoms with Crippen molar-refractivity contribution < 1.29 is 113 Å². The lowest BCUT2D eigenvalue weighted by molar-refractivity contribution is 0.417. The van der Waals surface area contributed by atoms with E-state index < -0.39 is 120 Å². The molecule has 12 aromatic carbocycles. The van der Waals surface area contributed by atoms with Gasteiger partial charge in [-0.1, -0.05) is 0 Å². The Hall–Kier alpha value is -16.9. The summed E-state index contributed by atoms with van der Waals surface area (Å²) in [7, 11) is -35.4. The van der Waals surface area contributed by atoms with Crippen LogP contribution in [0.4, 0.5) is 149 Å². The third-order valence-corrected chi connectivity index (χ3v) is 26.6. The molecule has 62 heteroatoms. The van der Waals surface area contributed by atoms with Gasteiger partial charge in [-0.25, -0.2) is 0 Å². The van der Waals surface area contributed by atoms with Crippen molar-refractivity contribution in [2.75, 3.05) is 59.2 Å². The number of aryl methyl sites for hydroxylation is 2. The second kappa shape index (κ2) is 44.6. The van der Waals surface area contributed by atoms with E-state index in [2.05, 4.69) is 144 Å². The predicted molar refractivity (Wildman–Crippen MR) is 526 cm³/mol. The van der Waals surface area contributed by atoms with Gasteiger partial charge in [-0.05, 0) is 262 Å². The smallest absolute Gasteiger partial charge is 0.296 e. The molecule has 2 aromatic heterocycles. The summed E-state index contributed by atoms with van der Waals surface area (Å²) in [6.07, 6.45) is 0.242. The maximum absolute atomic E-state index is 12.7. The van der Waals surface area contributed by atoms with Gasteiger partial charge in [0.25, 0.3) is 80.9 Å². The number of aromatic nitrogens is 6. The summed E-state index contributed by atoms with van der Waals surface area (Å²) in [5, 5.41) is 83.8. The second-order valence-corrected chi connectivity index (χ2v) is 41.3. The van der Waals surface area contributed by atoms with Gasteiger partial charge in [0.1, 0.15) is 53.8 Å². The summed E-state index contributed by atoms with van der Waals surface area (Å²) in [6, 6.07) is 50.3. The third kappa shape index (κ3) is 29.3. The summed E-state index contributed by atoms with van der Waals surface area (Å²) in [5.74, 6) is -0.246. The molecule has 0 aliphatic rings. The Balaban J connectivity index is 0.728. The summed E-state index contributed by atoms with van der Waals surface area (Å²) in [6.45, 7) is 3.49. The molecule has 54 nitrogen and oxygen atoms in total. The van der Waals surface area contributed by atoms with Crippen molar-refractivity contribution in [2.24, 2.45) is 81.8 Å². The maximum Gasteiger partial charge on any atom is 0.296 e. The van der Waals surface area contributed by atoms with Gasteiger partial charge in [-0.3, -0.25) is 36.4 Å². The average Bonchev–Trinajstić information content (AvgIpc) is 0.814. The number of nitrogens with one attached hydrogen (secondary N) is 6. The zero-order chi connectivity index (χ0) is 106. The molecule has 2 heterocycles. The van der Waals surface area contributed by atoms with Crippen LogP contribution in [0.3, 0.4) is 0 Å². The first-order chi connectivity index (χ1) is 69.5. The summed E-state index contributed by atoms with van der Waals surface area (Å²) in [5.41, 5.74) is 1.55. The Morgan fingerprint density at radius 1 is 0.231 bits per heavy atom. The van der Waals surface area contributed by atoms with Crippen LogP contribution < -0.4 is 41.4 Å². The van der Waals surface area contributed by atoms with E-state index in [1.54, 1.807) is 38.1 Å². The van der Waals surface area contributed by atoms with Crippen molar-refractivity contribution >= 4 is 230 Å². The van der Waals surface area contributed by atoms with Crippen LogP contribution in [0.15, 0.2) is 364 Å². The van der Waals surface area contributed by atoms with Gasteiger partial charge in [0, 0.05) is 36.6 Å². The highest BCUT2D eigenvalue weighted by atomic mass is 32.2. The Morgan fingerprint density at radius 3 is 0.694 bits per heavy atom. The molecule has 0 unspecified atom stereocenters. The molecule has 14 N–H and O–H groups in total. The minimum absolute atomic E-state index is 0.0342. The van der Waals surface area contributed by atoms with Gasteiger partial charge < -0.3 is 41.4 Å². The van der Waals surface area contributed by atoms with E-state index in [1.807, 2.05) is 0 Å². The van der Waals surface area contributed by atoms with E-state index >= 15 is 0 Å². The molecule has 0 bridgehead atoms.